The van der Waals surface area contributed by atoms with E-state index in [1.807, 2.05) is 41.3 Å². The largest absolute Gasteiger partial charge is 0.365 e. The van der Waals surface area contributed by atoms with Crippen LogP contribution in [0.25, 0.3) is 16.6 Å². The maximum Gasteiger partial charge on any atom is 0.292 e. The molecule has 1 N–H and O–H groups in total. The Bertz CT molecular complexity index is 1460. The van der Waals surface area contributed by atoms with Gasteiger partial charge in [-0.1, -0.05) is 48.0 Å². The normalized spacial score (nSPS) is 14.0. The molecule has 0 spiro atoms. The molecule has 1 amide bonds. The first kappa shape index (κ1) is 21.0. The zero-order chi connectivity index (χ0) is 22.9. The second-order valence-electron chi connectivity index (χ2n) is 7.77. The second-order valence-corrected chi connectivity index (χ2v) is 8.15. The summed E-state index contributed by atoms with van der Waals surface area (Å²) in [7, 11) is 0. The molecule has 0 radical (unpaired) electrons. The smallest absolute Gasteiger partial charge is 0.292 e. The molecule has 0 saturated carbocycles. The van der Waals surface area contributed by atoms with Crippen molar-refractivity contribution in [2.45, 2.75) is 0 Å². The molecular weight excluding hydrogens is 442 g/mol. The minimum Gasteiger partial charge on any atom is -0.365 e. The third-order valence-corrected chi connectivity index (χ3v) is 6.15. The summed E-state index contributed by atoms with van der Waals surface area (Å²) in [5.41, 5.74) is 1.48. The van der Waals surface area contributed by atoms with Crippen molar-refractivity contribution in [1.82, 2.24) is 19.7 Å². The van der Waals surface area contributed by atoms with Gasteiger partial charge >= 0.3 is 0 Å². The van der Waals surface area contributed by atoms with Crippen LogP contribution in [0.2, 0.25) is 5.02 Å². The lowest BCUT2D eigenvalue weighted by atomic mass is 10.1. The van der Waals surface area contributed by atoms with Crippen molar-refractivity contribution >= 4 is 34.1 Å². The zero-order valence-electron chi connectivity index (χ0n) is 17.6. The number of H-pyrrole nitrogens is 1. The number of anilines is 1. The van der Waals surface area contributed by atoms with Crippen LogP contribution in [0.4, 0.5) is 5.69 Å². The predicted molar refractivity (Wildman–Crippen MR) is 128 cm³/mol. The van der Waals surface area contributed by atoms with Crippen LogP contribution >= 0.6 is 11.6 Å². The van der Waals surface area contributed by atoms with Crippen molar-refractivity contribution in [2.75, 3.05) is 31.1 Å². The van der Waals surface area contributed by atoms with Gasteiger partial charge in [-0.2, -0.15) is 9.78 Å². The molecule has 1 fully saturated rings. The SMILES string of the molecule is O=C(c1cc(=O)[nH]c2ccccc12)N1CCN(c2cnn(-c3ccccc3)c(=O)c2Cl)CC1. The van der Waals surface area contributed by atoms with Crippen LogP contribution in [0.15, 0.2) is 76.4 Å². The molecule has 5 rings (SSSR count). The lowest BCUT2D eigenvalue weighted by Gasteiger charge is -2.36. The van der Waals surface area contributed by atoms with Crippen LogP contribution in [-0.2, 0) is 0 Å². The summed E-state index contributed by atoms with van der Waals surface area (Å²) in [4.78, 5) is 44.4. The molecule has 166 valence electrons. The van der Waals surface area contributed by atoms with Crippen LogP contribution < -0.4 is 16.0 Å². The molecule has 33 heavy (non-hydrogen) atoms. The van der Waals surface area contributed by atoms with E-state index in [-0.39, 0.29) is 16.5 Å². The van der Waals surface area contributed by atoms with Gasteiger partial charge in [0.1, 0.15) is 5.02 Å². The van der Waals surface area contributed by atoms with Gasteiger partial charge in [-0.25, -0.2) is 0 Å². The number of hydrogen-bond acceptors (Lipinski definition) is 5. The number of hydrogen-bond donors (Lipinski definition) is 1. The number of benzene rings is 2. The van der Waals surface area contributed by atoms with Crippen molar-refractivity contribution in [3.63, 3.8) is 0 Å². The van der Waals surface area contributed by atoms with E-state index in [0.717, 1.165) is 0 Å². The Kier molecular flexibility index (Phi) is 5.43. The fourth-order valence-electron chi connectivity index (χ4n) is 4.10. The van der Waals surface area contributed by atoms with Gasteiger partial charge in [0, 0.05) is 43.1 Å². The van der Waals surface area contributed by atoms with Crippen LogP contribution in [0.5, 0.6) is 0 Å². The molecule has 4 aromatic rings. The maximum atomic E-state index is 13.2. The molecular formula is C24H20ClN5O3. The van der Waals surface area contributed by atoms with E-state index in [1.165, 1.54) is 10.7 Å². The Hall–Kier alpha value is -3.91. The predicted octanol–water partition coefficient (Wildman–Crippen LogP) is 2.69. The molecule has 0 atom stereocenters. The molecule has 1 saturated heterocycles. The Labute approximate surface area is 193 Å². The summed E-state index contributed by atoms with van der Waals surface area (Å²) in [5.74, 6) is -0.194. The third kappa shape index (κ3) is 3.89. The highest BCUT2D eigenvalue weighted by Gasteiger charge is 2.26. The number of carbonyl (C=O) groups is 1. The van der Waals surface area contributed by atoms with Gasteiger partial charge in [-0.3, -0.25) is 14.4 Å². The maximum absolute atomic E-state index is 13.2. The molecule has 0 aliphatic carbocycles. The van der Waals surface area contributed by atoms with E-state index >= 15 is 0 Å². The molecule has 2 aromatic carbocycles. The summed E-state index contributed by atoms with van der Waals surface area (Å²) < 4.78 is 1.27. The molecule has 1 aliphatic rings. The minimum absolute atomic E-state index is 0.0919. The van der Waals surface area contributed by atoms with Gasteiger partial charge in [0.2, 0.25) is 5.56 Å². The van der Waals surface area contributed by atoms with Gasteiger partial charge < -0.3 is 14.8 Å². The molecule has 0 unspecified atom stereocenters. The van der Waals surface area contributed by atoms with E-state index in [0.29, 0.717) is 54.0 Å². The average molecular weight is 462 g/mol. The first-order chi connectivity index (χ1) is 16.0. The summed E-state index contributed by atoms with van der Waals surface area (Å²) >= 11 is 6.43. The molecule has 8 nitrogen and oxygen atoms in total. The number of aromatic amines is 1. The van der Waals surface area contributed by atoms with Crippen molar-refractivity contribution in [3.8, 4) is 5.69 Å². The summed E-state index contributed by atoms with van der Waals surface area (Å²) in [6, 6.07) is 17.7. The number of fused-ring (bicyclic) bond motifs is 1. The summed E-state index contributed by atoms with van der Waals surface area (Å²) in [5, 5.41) is 5.09. The molecule has 0 bridgehead atoms. The quantitative estimate of drug-likeness (QED) is 0.506. The number of aromatic nitrogens is 3. The Morgan fingerprint density at radius 3 is 2.39 bits per heavy atom. The van der Waals surface area contributed by atoms with E-state index in [2.05, 4.69) is 10.1 Å². The van der Waals surface area contributed by atoms with Gasteiger partial charge in [0.15, 0.2) is 0 Å². The molecule has 2 aromatic heterocycles. The second kappa shape index (κ2) is 8.55. The lowest BCUT2D eigenvalue weighted by molar-refractivity contribution is 0.0748. The number of rotatable bonds is 3. The van der Waals surface area contributed by atoms with E-state index < -0.39 is 5.56 Å². The molecule has 3 heterocycles. The van der Waals surface area contributed by atoms with Gasteiger partial charge in [0.25, 0.3) is 11.5 Å². The lowest BCUT2D eigenvalue weighted by Crippen LogP contribution is -2.49. The number of nitrogens with one attached hydrogen (secondary N) is 1. The number of amides is 1. The summed E-state index contributed by atoms with van der Waals surface area (Å²) in [6.07, 6.45) is 1.58. The van der Waals surface area contributed by atoms with E-state index in [9.17, 15) is 14.4 Å². The van der Waals surface area contributed by atoms with Crippen LogP contribution in [0.3, 0.4) is 0 Å². The van der Waals surface area contributed by atoms with Crippen molar-refractivity contribution in [3.05, 3.63) is 98.2 Å². The highest BCUT2D eigenvalue weighted by molar-refractivity contribution is 6.33. The van der Waals surface area contributed by atoms with Crippen molar-refractivity contribution < 1.29 is 4.79 Å². The highest BCUT2D eigenvalue weighted by atomic mass is 35.5. The number of carbonyl (C=O) groups excluding carboxylic acids is 1. The van der Waals surface area contributed by atoms with Crippen molar-refractivity contribution in [2.24, 2.45) is 0 Å². The minimum atomic E-state index is -0.395. The molecule has 9 heteroatoms. The van der Waals surface area contributed by atoms with E-state index in [4.69, 9.17) is 11.6 Å². The standard InChI is InChI=1S/C24H20ClN5O3/c25-22-20(15-26-30(24(22)33)16-6-2-1-3-7-16)28-10-12-29(13-11-28)23(32)18-14-21(31)27-19-9-5-4-8-17(18)19/h1-9,14-15H,10-13H2,(H,27,31). The topological polar surface area (TPSA) is 91.3 Å². The number of pyridine rings is 1. The number of para-hydroxylation sites is 2. The van der Waals surface area contributed by atoms with Gasteiger partial charge in [0.05, 0.1) is 23.1 Å². The van der Waals surface area contributed by atoms with Gasteiger partial charge in [-0.15, -0.1) is 0 Å². The van der Waals surface area contributed by atoms with Crippen LogP contribution in [0, 0.1) is 0 Å². The summed E-state index contributed by atoms with van der Waals surface area (Å²) in [6.45, 7) is 1.84. The molecule has 1 aliphatic heterocycles. The third-order valence-electron chi connectivity index (χ3n) is 5.79. The number of piperazine rings is 1. The van der Waals surface area contributed by atoms with E-state index in [1.54, 1.807) is 29.3 Å². The van der Waals surface area contributed by atoms with Crippen molar-refractivity contribution in [1.29, 1.82) is 0 Å². The average Bonchev–Trinajstić information content (AvgIpc) is 2.85. The fraction of sp³-hybridized carbons (Fsp3) is 0.167. The van der Waals surface area contributed by atoms with Gasteiger partial charge in [-0.05, 0) is 18.2 Å². The Morgan fingerprint density at radius 2 is 1.64 bits per heavy atom. The number of halogens is 1. The number of nitrogens with zero attached hydrogens (tertiary/aromatic N) is 4. The monoisotopic (exact) mass is 461 g/mol. The Balaban J connectivity index is 1.36. The first-order valence-electron chi connectivity index (χ1n) is 10.5. The highest BCUT2D eigenvalue weighted by Crippen LogP contribution is 2.24. The first-order valence-corrected chi connectivity index (χ1v) is 10.9. The van der Waals surface area contributed by atoms with Crippen LogP contribution in [-0.4, -0.2) is 51.8 Å². The Morgan fingerprint density at radius 1 is 0.939 bits per heavy atom. The van der Waals surface area contributed by atoms with Crippen LogP contribution in [0.1, 0.15) is 10.4 Å². The fourth-order valence-corrected chi connectivity index (χ4v) is 4.35. The zero-order valence-corrected chi connectivity index (χ0v) is 18.3.